The molecule has 0 heterocycles. The highest BCUT2D eigenvalue weighted by Crippen LogP contribution is 2.50. The van der Waals surface area contributed by atoms with E-state index in [0.29, 0.717) is 12.8 Å². The Morgan fingerprint density at radius 2 is 1.03 bits per heavy atom. The summed E-state index contributed by atoms with van der Waals surface area (Å²) in [5.41, 5.74) is 1.85. The first kappa shape index (κ1) is 23.1. The molecule has 0 aliphatic heterocycles. The second-order valence-corrected chi connectivity index (χ2v) is 11.9. The number of hydrogen-bond donors (Lipinski definition) is 0. The number of ketones is 1. The molecular weight excluding hydrogens is 452 g/mol. The smallest absolute Gasteiger partial charge is 0.296 e. The van der Waals surface area contributed by atoms with Crippen LogP contribution in [0.2, 0.25) is 0 Å². The molecule has 4 atom stereocenters. The number of hydrogen-bond acceptors (Lipinski definition) is 7. The SMILES string of the molecule is Cc1ccc(S(=O)(=O)OC[C@@H]2[C@H](COS(=O)(=O)c3ccc(C)cc3)[C@H]3CC[C@@H]2C3=O)cc1. The molecule has 4 rings (SSSR count). The number of fused-ring (bicyclic) bond motifs is 2. The van der Waals surface area contributed by atoms with Crippen molar-refractivity contribution >= 4 is 26.0 Å². The van der Waals surface area contributed by atoms with Crippen LogP contribution in [0.4, 0.5) is 0 Å². The van der Waals surface area contributed by atoms with Crippen molar-refractivity contribution in [1.29, 1.82) is 0 Å². The molecule has 2 fully saturated rings. The molecule has 9 heteroatoms. The van der Waals surface area contributed by atoms with Crippen LogP contribution in [0.25, 0.3) is 0 Å². The first-order valence-corrected chi connectivity index (χ1v) is 13.4. The molecular formula is C23H26O7S2. The fourth-order valence-corrected chi connectivity index (χ4v) is 6.61. The predicted molar refractivity (Wildman–Crippen MR) is 117 cm³/mol. The molecule has 0 unspecified atom stereocenters. The highest BCUT2D eigenvalue weighted by atomic mass is 32.2. The highest BCUT2D eigenvalue weighted by Gasteiger charge is 2.54. The third kappa shape index (κ3) is 4.52. The Morgan fingerprint density at radius 1 is 0.688 bits per heavy atom. The molecule has 0 saturated heterocycles. The van der Waals surface area contributed by atoms with E-state index in [9.17, 15) is 21.6 Å². The van der Waals surface area contributed by atoms with Crippen LogP contribution < -0.4 is 0 Å². The van der Waals surface area contributed by atoms with Crippen LogP contribution in [0.15, 0.2) is 58.3 Å². The average molecular weight is 479 g/mol. The zero-order chi connectivity index (χ0) is 23.1. The maximum Gasteiger partial charge on any atom is 0.296 e. The third-order valence-electron chi connectivity index (χ3n) is 6.55. The lowest BCUT2D eigenvalue weighted by Gasteiger charge is -2.28. The van der Waals surface area contributed by atoms with E-state index in [1.165, 1.54) is 24.3 Å². The maximum absolute atomic E-state index is 12.6. The fourth-order valence-electron chi connectivity index (χ4n) is 4.73. The molecule has 0 amide bonds. The Bertz CT molecular complexity index is 1100. The second kappa shape index (κ2) is 8.70. The van der Waals surface area contributed by atoms with E-state index in [4.69, 9.17) is 8.37 Å². The number of rotatable bonds is 8. The standard InChI is InChI=1S/C23H26O7S2/c1-15-3-7-17(8-4-15)31(25,26)29-13-21-19-11-12-20(23(19)24)22(21)14-30-32(27,28)18-9-5-16(2)6-10-18/h3-10,19-22H,11-14H2,1-2H3/t19-,20+,21-,22+. The molecule has 0 spiro atoms. The lowest BCUT2D eigenvalue weighted by molar-refractivity contribution is -0.122. The Balaban J connectivity index is 1.47. The topological polar surface area (TPSA) is 104 Å². The molecule has 172 valence electrons. The predicted octanol–water partition coefficient (Wildman–Crippen LogP) is 3.26. The Labute approximate surface area is 189 Å². The van der Waals surface area contributed by atoms with Gasteiger partial charge in [-0.3, -0.25) is 13.2 Å². The van der Waals surface area contributed by atoms with E-state index in [2.05, 4.69) is 0 Å². The summed E-state index contributed by atoms with van der Waals surface area (Å²) in [6.07, 6.45) is 1.31. The summed E-state index contributed by atoms with van der Waals surface area (Å²) in [5.74, 6) is -1.43. The third-order valence-corrected chi connectivity index (χ3v) is 9.15. The van der Waals surface area contributed by atoms with Gasteiger partial charge < -0.3 is 0 Å². The first-order valence-electron chi connectivity index (χ1n) is 10.5. The van der Waals surface area contributed by atoms with Crippen molar-refractivity contribution in [3.8, 4) is 0 Å². The van der Waals surface area contributed by atoms with Crippen LogP contribution in [0.3, 0.4) is 0 Å². The van der Waals surface area contributed by atoms with E-state index in [1.807, 2.05) is 13.8 Å². The number of Topliss-reactive ketones (excluding diaryl/α,β-unsaturated/α-hetero) is 1. The summed E-state index contributed by atoms with van der Waals surface area (Å²) in [7, 11) is -7.97. The van der Waals surface area contributed by atoms with Crippen molar-refractivity contribution in [2.45, 2.75) is 36.5 Å². The molecule has 2 aliphatic rings. The van der Waals surface area contributed by atoms with Crippen LogP contribution >= 0.6 is 0 Å². The highest BCUT2D eigenvalue weighted by molar-refractivity contribution is 7.87. The molecule has 7 nitrogen and oxygen atoms in total. The number of carbonyl (C=O) groups is 1. The van der Waals surface area contributed by atoms with E-state index >= 15 is 0 Å². The van der Waals surface area contributed by atoms with Crippen LogP contribution in [-0.4, -0.2) is 35.8 Å². The summed E-state index contributed by atoms with van der Waals surface area (Å²) < 4.78 is 61.0. The van der Waals surface area contributed by atoms with Gasteiger partial charge in [0.05, 0.1) is 23.0 Å². The van der Waals surface area contributed by atoms with Gasteiger partial charge >= 0.3 is 0 Å². The van der Waals surface area contributed by atoms with Crippen molar-refractivity contribution in [2.24, 2.45) is 23.7 Å². The molecule has 2 aromatic rings. The summed E-state index contributed by atoms with van der Waals surface area (Å²) in [4.78, 5) is 12.7. The Hall–Kier alpha value is -2.07. The van der Waals surface area contributed by atoms with E-state index in [1.54, 1.807) is 24.3 Å². The quantitative estimate of drug-likeness (QED) is 0.537. The van der Waals surface area contributed by atoms with Crippen molar-refractivity contribution in [3.05, 3.63) is 59.7 Å². The van der Waals surface area contributed by atoms with E-state index < -0.39 is 32.1 Å². The Morgan fingerprint density at radius 3 is 1.38 bits per heavy atom. The van der Waals surface area contributed by atoms with Gasteiger partial charge in [-0.25, -0.2) is 0 Å². The van der Waals surface area contributed by atoms with Crippen molar-refractivity contribution in [2.75, 3.05) is 13.2 Å². The minimum absolute atomic E-state index is 0.0485. The summed E-state index contributed by atoms with van der Waals surface area (Å²) >= 11 is 0. The molecule has 2 aliphatic carbocycles. The number of aryl methyl sites for hydroxylation is 2. The monoisotopic (exact) mass is 478 g/mol. The normalized spacial score (nSPS) is 25.4. The van der Waals surface area contributed by atoms with Gasteiger partial charge in [-0.2, -0.15) is 16.8 Å². The maximum atomic E-state index is 12.6. The molecule has 2 aromatic carbocycles. The van der Waals surface area contributed by atoms with E-state index in [0.717, 1.165) is 11.1 Å². The minimum atomic E-state index is -3.98. The van der Waals surface area contributed by atoms with Gasteiger partial charge in [0.1, 0.15) is 5.78 Å². The van der Waals surface area contributed by atoms with Gasteiger partial charge in [-0.1, -0.05) is 35.4 Å². The first-order chi connectivity index (χ1) is 15.1. The van der Waals surface area contributed by atoms with Gasteiger partial charge in [0.2, 0.25) is 0 Å². The van der Waals surface area contributed by atoms with Crippen molar-refractivity contribution in [1.82, 2.24) is 0 Å². The molecule has 2 saturated carbocycles. The van der Waals surface area contributed by atoms with Gasteiger partial charge in [-0.05, 0) is 62.8 Å². The van der Waals surface area contributed by atoms with Gasteiger partial charge in [-0.15, -0.1) is 0 Å². The molecule has 2 bridgehead atoms. The average Bonchev–Trinajstić information content (AvgIpc) is 3.24. The zero-order valence-electron chi connectivity index (χ0n) is 17.9. The minimum Gasteiger partial charge on any atom is -0.299 e. The summed E-state index contributed by atoms with van der Waals surface area (Å²) in [6, 6.07) is 12.6. The largest absolute Gasteiger partial charge is 0.299 e. The molecule has 0 N–H and O–H groups in total. The molecule has 32 heavy (non-hydrogen) atoms. The van der Waals surface area contributed by atoms with E-state index in [-0.39, 0.29) is 40.6 Å². The van der Waals surface area contributed by atoms with Gasteiger partial charge in [0.15, 0.2) is 0 Å². The van der Waals surface area contributed by atoms with Crippen LogP contribution in [0, 0.1) is 37.5 Å². The molecule has 0 aromatic heterocycles. The summed E-state index contributed by atoms with van der Waals surface area (Å²) in [5, 5.41) is 0. The number of carbonyl (C=O) groups excluding carboxylic acids is 1. The Kier molecular flexibility index (Phi) is 6.28. The zero-order valence-corrected chi connectivity index (χ0v) is 19.6. The summed E-state index contributed by atoms with van der Waals surface area (Å²) in [6.45, 7) is 3.35. The second-order valence-electron chi connectivity index (χ2n) is 8.62. The van der Waals surface area contributed by atoms with Crippen molar-refractivity contribution < 1.29 is 30.0 Å². The van der Waals surface area contributed by atoms with Gasteiger partial charge in [0, 0.05) is 11.8 Å². The van der Waals surface area contributed by atoms with Crippen LogP contribution in [-0.2, 0) is 33.4 Å². The van der Waals surface area contributed by atoms with Gasteiger partial charge in [0.25, 0.3) is 20.2 Å². The fraction of sp³-hybridized carbons (Fsp3) is 0.435. The lowest BCUT2D eigenvalue weighted by atomic mass is 9.80. The lowest BCUT2D eigenvalue weighted by Crippen LogP contribution is -2.31. The van der Waals surface area contributed by atoms with Crippen LogP contribution in [0.5, 0.6) is 0 Å². The van der Waals surface area contributed by atoms with Crippen LogP contribution in [0.1, 0.15) is 24.0 Å². The van der Waals surface area contributed by atoms with Crippen molar-refractivity contribution in [3.63, 3.8) is 0 Å². The molecule has 0 radical (unpaired) electrons. The number of benzene rings is 2.